The molecule has 0 spiro atoms. The molecule has 4 heteroatoms. The summed E-state index contributed by atoms with van der Waals surface area (Å²) in [6.07, 6.45) is 2.66. The Hall–Kier alpha value is -1.81. The molecule has 104 valence electrons. The molecular formula is C15H21NO3. The molecule has 0 aliphatic heterocycles. The van der Waals surface area contributed by atoms with Crippen LogP contribution in [0.15, 0.2) is 30.3 Å². The van der Waals surface area contributed by atoms with Gasteiger partial charge >= 0.3 is 0 Å². The maximum atomic E-state index is 11.5. The second kappa shape index (κ2) is 7.59. The number of benzene rings is 1. The van der Waals surface area contributed by atoms with Gasteiger partial charge < -0.3 is 15.2 Å². The summed E-state index contributed by atoms with van der Waals surface area (Å²) in [7, 11) is 1.61. The van der Waals surface area contributed by atoms with Crippen molar-refractivity contribution < 1.29 is 14.6 Å². The van der Waals surface area contributed by atoms with Crippen molar-refractivity contribution in [2.75, 3.05) is 13.7 Å². The summed E-state index contributed by atoms with van der Waals surface area (Å²) in [5.41, 5.74) is 0.917. The van der Waals surface area contributed by atoms with E-state index in [1.807, 2.05) is 38.1 Å². The number of carbonyl (C=O) groups is 1. The standard InChI is InChI=1S/C15H21NO3/c1-11(2)14(17)10-16-15(18)9-6-12-4-7-13(19-3)8-5-12/h4-9,11,14,17H,10H2,1-3H3,(H,16,18)/b9-6+. The molecule has 0 saturated carbocycles. The summed E-state index contributed by atoms with van der Waals surface area (Å²) in [5, 5.41) is 12.2. The van der Waals surface area contributed by atoms with Gasteiger partial charge in [-0.25, -0.2) is 0 Å². The Bertz CT molecular complexity index is 424. The number of nitrogens with one attached hydrogen (secondary N) is 1. The second-order valence-electron chi connectivity index (χ2n) is 4.66. The van der Waals surface area contributed by atoms with Crippen molar-refractivity contribution in [3.05, 3.63) is 35.9 Å². The third-order valence-corrected chi connectivity index (χ3v) is 2.80. The highest BCUT2D eigenvalue weighted by molar-refractivity contribution is 5.91. The van der Waals surface area contributed by atoms with E-state index in [1.54, 1.807) is 13.2 Å². The fraction of sp³-hybridized carbons (Fsp3) is 0.400. The zero-order valence-corrected chi connectivity index (χ0v) is 11.6. The molecule has 4 nitrogen and oxygen atoms in total. The van der Waals surface area contributed by atoms with Crippen LogP contribution in [-0.2, 0) is 4.79 Å². The molecule has 1 aromatic rings. The van der Waals surface area contributed by atoms with Gasteiger partial charge in [-0.2, -0.15) is 0 Å². The maximum absolute atomic E-state index is 11.5. The molecule has 0 heterocycles. The number of aliphatic hydroxyl groups excluding tert-OH is 1. The Kier molecular flexibility index (Phi) is 6.09. The predicted molar refractivity (Wildman–Crippen MR) is 75.9 cm³/mol. The summed E-state index contributed by atoms with van der Waals surface area (Å²) in [4.78, 5) is 11.5. The van der Waals surface area contributed by atoms with E-state index in [9.17, 15) is 9.90 Å². The number of rotatable bonds is 6. The van der Waals surface area contributed by atoms with Crippen LogP contribution in [0.25, 0.3) is 6.08 Å². The second-order valence-corrected chi connectivity index (χ2v) is 4.66. The average Bonchev–Trinajstić information content (AvgIpc) is 2.42. The first-order valence-electron chi connectivity index (χ1n) is 6.31. The molecule has 0 fully saturated rings. The number of aliphatic hydroxyl groups is 1. The molecule has 1 rings (SSSR count). The monoisotopic (exact) mass is 263 g/mol. The van der Waals surface area contributed by atoms with Crippen LogP contribution in [0.2, 0.25) is 0 Å². The molecule has 19 heavy (non-hydrogen) atoms. The van der Waals surface area contributed by atoms with Gasteiger partial charge in [0.2, 0.25) is 5.91 Å². The molecule has 1 unspecified atom stereocenters. The Labute approximate surface area is 114 Å². The minimum absolute atomic E-state index is 0.130. The minimum Gasteiger partial charge on any atom is -0.497 e. The van der Waals surface area contributed by atoms with Crippen LogP contribution in [0.3, 0.4) is 0 Å². The lowest BCUT2D eigenvalue weighted by Gasteiger charge is -2.13. The molecule has 1 aromatic carbocycles. The summed E-state index contributed by atoms with van der Waals surface area (Å²) in [6, 6.07) is 7.40. The normalized spacial score (nSPS) is 12.7. The van der Waals surface area contributed by atoms with Crippen LogP contribution in [-0.4, -0.2) is 30.8 Å². The number of amides is 1. The number of hydrogen-bond acceptors (Lipinski definition) is 3. The van der Waals surface area contributed by atoms with Gasteiger partial charge in [-0.1, -0.05) is 26.0 Å². The summed E-state index contributed by atoms with van der Waals surface area (Å²) in [6.45, 7) is 4.08. The van der Waals surface area contributed by atoms with E-state index in [-0.39, 0.29) is 18.4 Å². The Morgan fingerprint density at radius 1 is 1.37 bits per heavy atom. The van der Waals surface area contributed by atoms with E-state index >= 15 is 0 Å². The van der Waals surface area contributed by atoms with Gasteiger partial charge in [-0.3, -0.25) is 4.79 Å². The van der Waals surface area contributed by atoms with Crippen molar-refractivity contribution in [1.29, 1.82) is 0 Å². The van der Waals surface area contributed by atoms with Crippen molar-refractivity contribution in [3.8, 4) is 5.75 Å². The van der Waals surface area contributed by atoms with Gasteiger partial charge in [0.05, 0.1) is 13.2 Å². The van der Waals surface area contributed by atoms with Crippen LogP contribution in [0.4, 0.5) is 0 Å². The highest BCUT2D eigenvalue weighted by Gasteiger charge is 2.09. The van der Waals surface area contributed by atoms with Crippen molar-refractivity contribution in [1.82, 2.24) is 5.32 Å². The lowest BCUT2D eigenvalue weighted by atomic mass is 10.1. The molecule has 2 N–H and O–H groups in total. The Morgan fingerprint density at radius 2 is 2.00 bits per heavy atom. The summed E-state index contributed by atoms with van der Waals surface area (Å²) in [5.74, 6) is 0.697. The molecular weight excluding hydrogens is 242 g/mol. The first-order chi connectivity index (χ1) is 9.02. The molecule has 0 aliphatic rings. The number of ether oxygens (including phenoxy) is 1. The van der Waals surface area contributed by atoms with Crippen molar-refractivity contribution in [2.45, 2.75) is 20.0 Å². The predicted octanol–water partition coefficient (Wildman–Crippen LogP) is 1.84. The molecule has 0 aromatic heterocycles. The summed E-state index contributed by atoms with van der Waals surface area (Å²) >= 11 is 0. The van der Waals surface area contributed by atoms with E-state index in [4.69, 9.17) is 4.74 Å². The topological polar surface area (TPSA) is 58.6 Å². The Morgan fingerprint density at radius 3 is 2.53 bits per heavy atom. The molecule has 1 atom stereocenters. The quantitative estimate of drug-likeness (QED) is 0.770. The van der Waals surface area contributed by atoms with Crippen LogP contribution < -0.4 is 10.1 Å². The lowest BCUT2D eigenvalue weighted by Crippen LogP contribution is -2.33. The third kappa shape index (κ3) is 5.57. The fourth-order valence-electron chi connectivity index (χ4n) is 1.39. The largest absolute Gasteiger partial charge is 0.497 e. The van der Waals surface area contributed by atoms with Gasteiger partial charge in [-0.15, -0.1) is 0 Å². The van der Waals surface area contributed by atoms with Gasteiger partial charge in [0.1, 0.15) is 5.75 Å². The minimum atomic E-state index is -0.515. The van der Waals surface area contributed by atoms with Crippen LogP contribution in [0.5, 0.6) is 5.75 Å². The molecule has 0 saturated heterocycles. The van der Waals surface area contributed by atoms with Gasteiger partial charge in [0.25, 0.3) is 0 Å². The zero-order chi connectivity index (χ0) is 14.3. The van der Waals surface area contributed by atoms with E-state index in [0.29, 0.717) is 0 Å². The third-order valence-electron chi connectivity index (χ3n) is 2.80. The number of methoxy groups -OCH3 is 1. The van der Waals surface area contributed by atoms with E-state index in [1.165, 1.54) is 6.08 Å². The fourth-order valence-corrected chi connectivity index (χ4v) is 1.39. The zero-order valence-electron chi connectivity index (χ0n) is 11.6. The SMILES string of the molecule is COc1ccc(/C=C/C(=O)NCC(O)C(C)C)cc1. The molecule has 0 radical (unpaired) electrons. The first kappa shape index (κ1) is 15.2. The highest BCUT2D eigenvalue weighted by Crippen LogP contribution is 2.12. The van der Waals surface area contributed by atoms with E-state index < -0.39 is 6.10 Å². The summed E-state index contributed by atoms with van der Waals surface area (Å²) < 4.78 is 5.05. The molecule has 0 bridgehead atoms. The number of carbonyl (C=O) groups excluding carboxylic acids is 1. The smallest absolute Gasteiger partial charge is 0.244 e. The van der Waals surface area contributed by atoms with Crippen molar-refractivity contribution in [2.24, 2.45) is 5.92 Å². The van der Waals surface area contributed by atoms with Crippen molar-refractivity contribution >= 4 is 12.0 Å². The van der Waals surface area contributed by atoms with Crippen LogP contribution in [0.1, 0.15) is 19.4 Å². The van der Waals surface area contributed by atoms with E-state index in [2.05, 4.69) is 5.32 Å². The number of hydrogen-bond donors (Lipinski definition) is 2. The van der Waals surface area contributed by atoms with Crippen LogP contribution in [0, 0.1) is 5.92 Å². The van der Waals surface area contributed by atoms with Crippen molar-refractivity contribution in [3.63, 3.8) is 0 Å². The average molecular weight is 263 g/mol. The van der Waals surface area contributed by atoms with Crippen LogP contribution >= 0.6 is 0 Å². The van der Waals surface area contributed by atoms with Gasteiger partial charge in [0, 0.05) is 12.6 Å². The maximum Gasteiger partial charge on any atom is 0.244 e. The molecule has 1 amide bonds. The molecule has 0 aliphatic carbocycles. The van der Waals surface area contributed by atoms with Gasteiger partial charge in [-0.05, 0) is 29.7 Å². The van der Waals surface area contributed by atoms with E-state index in [0.717, 1.165) is 11.3 Å². The lowest BCUT2D eigenvalue weighted by molar-refractivity contribution is -0.117. The van der Waals surface area contributed by atoms with Gasteiger partial charge in [0.15, 0.2) is 0 Å². The highest BCUT2D eigenvalue weighted by atomic mass is 16.5. The first-order valence-corrected chi connectivity index (χ1v) is 6.31. The Balaban J connectivity index is 2.44.